The first-order valence-electron chi connectivity index (χ1n) is 11.7. The van der Waals surface area contributed by atoms with Crippen LogP contribution >= 0.6 is 15.9 Å². The minimum atomic E-state index is -4.35. The van der Waals surface area contributed by atoms with E-state index in [4.69, 9.17) is 15.1 Å². The van der Waals surface area contributed by atoms with Crippen molar-refractivity contribution in [2.24, 2.45) is 5.73 Å². The number of alkyl halides is 3. The molecule has 36 heavy (non-hydrogen) atoms. The number of primary amides is 1. The lowest BCUT2D eigenvalue weighted by Gasteiger charge is -2.12. The number of rotatable bonds is 8. The topological polar surface area (TPSA) is 86.1 Å². The maximum atomic E-state index is 12.8. The highest BCUT2D eigenvalue weighted by Crippen LogP contribution is 2.43. The summed E-state index contributed by atoms with van der Waals surface area (Å²) < 4.78 is 47.0. The van der Waals surface area contributed by atoms with Gasteiger partial charge in [0.2, 0.25) is 0 Å². The van der Waals surface area contributed by atoms with Gasteiger partial charge in [0.15, 0.2) is 5.76 Å². The number of imidazole rings is 1. The molecular weight excluding hydrogens is 537 g/mol. The minimum absolute atomic E-state index is 0.290. The lowest BCUT2D eigenvalue weighted by atomic mass is 10.1. The average Bonchev–Trinajstić information content (AvgIpc) is 3.55. The molecule has 1 aliphatic rings. The number of nitrogens with zero attached hydrogens (tertiary/aromatic N) is 2. The molecule has 1 aliphatic carbocycles. The van der Waals surface area contributed by atoms with Crippen LogP contribution in [0.1, 0.15) is 53.3 Å². The monoisotopic (exact) mass is 560 g/mol. The molecule has 0 saturated heterocycles. The number of hydrogen-bond acceptors (Lipinski definition) is 4. The van der Waals surface area contributed by atoms with E-state index in [0.29, 0.717) is 45.7 Å². The summed E-state index contributed by atoms with van der Waals surface area (Å²) in [6.45, 7) is 1.25. The highest BCUT2D eigenvalue weighted by Gasteiger charge is 2.33. The molecule has 1 amide bonds. The second-order valence-electron chi connectivity index (χ2n) is 8.93. The van der Waals surface area contributed by atoms with Crippen molar-refractivity contribution in [2.75, 3.05) is 11.9 Å². The molecule has 0 radical (unpaired) electrons. The number of halogens is 4. The highest BCUT2D eigenvalue weighted by molar-refractivity contribution is 9.10. The summed E-state index contributed by atoms with van der Waals surface area (Å²) >= 11 is 3.59. The smallest absolute Gasteiger partial charge is 0.405 e. The zero-order valence-corrected chi connectivity index (χ0v) is 21.0. The summed E-state index contributed by atoms with van der Waals surface area (Å²) in [5, 5.41) is 3.23. The van der Waals surface area contributed by atoms with Gasteiger partial charge in [0.1, 0.15) is 23.6 Å². The molecule has 6 nitrogen and oxygen atoms in total. The van der Waals surface area contributed by atoms with E-state index >= 15 is 0 Å². The Labute approximate surface area is 213 Å². The van der Waals surface area contributed by atoms with Crippen molar-refractivity contribution >= 4 is 38.5 Å². The van der Waals surface area contributed by atoms with Crippen LogP contribution in [0.2, 0.25) is 0 Å². The van der Waals surface area contributed by atoms with E-state index in [1.807, 2.05) is 29.7 Å². The van der Waals surface area contributed by atoms with Crippen LogP contribution in [0.4, 0.5) is 18.9 Å². The van der Waals surface area contributed by atoms with Gasteiger partial charge in [-0.1, -0.05) is 25.1 Å². The molecule has 0 unspecified atom stereocenters. The van der Waals surface area contributed by atoms with E-state index in [-0.39, 0.29) is 5.92 Å². The molecule has 5 rings (SSSR count). The highest BCUT2D eigenvalue weighted by atomic mass is 79.9. The maximum absolute atomic E-state index is 12.8. The fourth-order valence-electron chi connectivity index (χ4n) is 4.46. The van der Waals surface area contributed by atoms with E-state index in [1.165, 1.54) is 0 Å². The fraction of sp³-hybridized carbons (Fsp3) is 0.308. The van der Waals surface area contributed by atoms with Crippen molar-refractivity contribution in [1.29, 1.82) is 0 Å². The molecule has 2 heterocycles. The van der Waals surface area contributed by atoms with Crippen molar-refractivity contribution in [2.45, 2.75) is 44.8 Å². The molecule has 2 aromatic heterocycles. The van der Waals surface area contributed by atoms with Crippen LogP contribution in [0, 0.1) is 0 Å². The second kappa shape index (κ2) is 9.31. The average molecular weight is 561 g/mol. The van der Waals surface area contributed by atoms with Crippen molar-refractivity contribution in [3.63, 3.8) is 0 Å². The molecular formula is C26H24BrF3N4O2. The van der Waals surface area contributed by atoms with Gasteiger partial charge in [-0.15, -0.1) is 0 Å². The SMILES string of the molecule is CCc1nc(C2CC2)c(C(N)=O)n1Cc1ccc2oc(-c3ccccc3NCC(F)(F)F)c(Br)c2c1. The standard InChI is InChI=1S/C26H24BrF3N4O2/c1-2-20-33-22(15-8-9-15)23(25(31)35)34(20)12-14-7-10-19-17(11-14)21(27)24(36-19)16-5-3-4-6-18(16)32-13-26(28,29)30/h3-7,10-11,15,32H,2,8-9,12-13H2,1H3,(H2,31,35). The van der Waals surface area contributed by atoms with E-state index in [1.54, 1.807) is 24.3 Å². The van der Waals surface area contributed by atoms with Crippen LogP contribution < -0.4 is 11.1 Å². The molecule has 2 aromatic carbocycles. The zero-order valence-electron chi connectivity index (χ0n) is 19.5. The minimum Gasteiger partial charge on any atom is -0.455 e. The summed E-state index contributed by atoms with van der Waals surface area (Å²) in [6.07, 6.45) is -1.66. The van der Waals surface area contributed by atoms with E-state index in [9.17, 15) is 18.0 Å². The van der Waals surface area contributed by atoms with Crippen LogP contribution in [0.3, 0.4) is 0 Å². The van der Waals surface area contributed by atoms with Crippen LogP contribution in [0.5, 0.6) is 0 Å². The Hall–Kier alpha value is -3.27. The van der Waals surface area contributed by atoms with Gasteiger partial charge >= 0.3 is 6.18 Å². The van der Waals surface area contributed by atoms with E-state index < -0.39 is 18.6 Å². The lowest BCUT2D eigenvalue weighted by molar-refractivity contribution is -0.115. The molecule has 0 bridgehead atoms. The summed E-state index contributed by atoms with van der Waals surface area (Å²) in [5.74, 6) is 1.04. The number of fused-ring (bicyclic) bond motifs is 1. The summed E-state index contributed by atoms with van der Waals surface area (Å²) in [6, 6.07) is 12.4. The number of aryl methyl sites for hydroxylation is 1. The predicted octanol–water partition coefficient (Wildman–Crippen LogP) is 6.62. The van der Waals surface area contributed by atoms with Crippen molar-refractivity contribution in [3.05, 3.63) is 69.7 Å². The third-order valence-corrected chi connectivity index (χ3v) is 7.06. The van der Waals surface area contributed by atoms with Crippen molar-refractivity contribution in [3.8, 4) is 11.3 Å². The first-order chi connectivity index (χ1) is 17.2. The first-order valence-corrected chi connectivity index (χ1v) is 12.5. The van der Waals surface area contributed by atoms with Gasteiger partial charge in [-0.25, -0.2) is 4.98 Å². The normalized spacial score (nSPS) is 13.9. The number of anilines is 1. The van der Waals surface area contributed by atoms with Gasteiger partial charge < -0.3 is 20.0 Å². The van der Waals surface area contributed by atoms with Gasteiger partial charge in [0.05, 0.1) is 10.2 Å². The molecule has 3 N–H and O–H groups in total. The predicted molar refractivity (Wildman–Crippen MR) is 135 cm³/mol. The number of amides is 1. The maximum Gasteiger partial charge on any atom is 0.405 e. The Morgan fingerprint density at radius 1 is 1.25 bits per heavy atom. The molecule has 0 atom stereocenters. The summed E-state index contributed by atoms with van der Waals surface area (Å²) in [7, 11) is 0. The van der Waals surface area contributed by atoms with Crippen LogP contribution in [0.25, 0.3) is 22.3 Å². The Morgan fingerprint density at radius 3 is 2.67 bits per heavy atom. The largest absolute Gasteiger partial charge is 0.455 e. The quantitative estimate of drug-likeness (QED) is 0.253. The number of para-hydroxylation sites is 1. The van der Waals surface area contributed by atoms with Gasteiger partial charge in [0, 0.05) is 35.5 Å². The number of nitrogens with one attached hydrogen (secondary N) is 1. The van der Waals surface area contributed by atoms with Crippen LogP contribution in [0.15, 0.2) is 51.4 Å². The molecule has 1 fully saturated rings. The van der Waals surface area contributed by atoms with Crippen molar-refractivity contribution in [1.82, 2.24) is 9.55 Å². The van der Waals surface area contributed by atoms with Gasteiger partial charge in [-0.2, -0.15) is 13.2 Å². The Bertz CT molecular complexity index is 1450. The lowest BCUT2D eigenvalue weighted by Crippen LogP contribution is -2.21. The molecule has 10 heteroatoms. The molecule has 0 aliphatic heterocycles. The zero-order chi connectivity index (χ0) is 25.6. The number of furan rings is 1. The Morgan fingerprint density at radius 2 is 2.00 bits per heavy atom. The van der Waals surface area contributed by atoms with Gasteiger partial charge in [0.25, 0.3) is 5.91 Å². The van der Waals surface area contributed by atoms with Gasteiger partial charge in [-0.05, 0) is 58.6 Å². The van der Waals surface area contributed by atoms with Crippen molar-refractivity contribution < 1.29 is 22.4 Å². The van der Waals surface area contributed by atoms with Gasteiger partial charge in [-0.3, -0.25) is 4.79 Å². The molecule has 1 saturated carbocycles. The molecule has 0 spiro atoms. The molecule has 4 aromatic rings. The number of carbonyl (C=O) groups excluding carboxylic acids is 1. The summed E-state index contributed by atoms with van der Waals surface area (Å²) in [4.78, 5) is 17.1. The Balaban J connectivity index is 1.52. The van der Waals surface area contributed by atoms with E-state index in [2.05, 4.69) is 21.2 Å². The van der Waals surface area contributed by atoms with Crippen LogP contribution in [-0.4, -0.2) is 28.2 Å². The number of hydrogen-bond donors (Lipinski definition) is 2. The molecule has 188 valence electrons. The number of nitrogens with two attached hydrogens (primary N) is 1. The van der Waals surface area contributed by atoms with Crippen LogP contribution in [-0.2, 0) is 13.0 Å². The Kier molecular flexibility index (Phi) is 6.32. The number of aromatic nitrogens is 2. The second-order valence-corrected chi connectivity index (χ2v) is 9.72. The third kappa shape index (κ3) is 4.74. The fourth-order valence-corrected chi connectivity index (χ4v) is 5.06. The number of carbonyl (C=O) groups is 1. The van der Waals surface area contributed by atoms with E-state index in [0.717, 1.165) is 35.3 Å². The summed E-state index contributed by atoms with van der Waals surface area (Å²) in [5.41, 5.74) is 9.33. The first kappa shape index (κ1) is 24.4. The third-order valence-electron chi connectivity index (χ3n) is 6.27. The number of benzene rings is 2.